The summed E-state index contributed by atoms with van der Waals surface area (Å²) in [5.74, 6) is 2.16. The van der Waals surface area contributed by atoms with Gasteiger partial charge in [0.2, 0.25) is 0 Å². The van der Waals surface area contributed by atoms with Gasteiger partial charge in [-0.05, 0) is 33.6 Å². The van der Waals surface area contributed by atoms with Gasteiger partial charge >= 0.3 is 0 Å². The van der Waals surface area contributed by atoms with Crippen LogP contribution in [0.2, 0.25) is 0 Å². The molecule has 15 heavy (non-hydrogen) atoms. The first-order valence-corrected chi connectivity index (χ1v) is 5.30. The molecule has 1 aromatic carbocycles. The Morgan fingerprint density at radius 1 is 1.60 bits per heavy atom. The fourth-order valence-corrected chi connectivity index (χ4v) is 1.50. The number of hydrogen-bond acceptors (Lipinski definition) is 2. The summed E-state index contributed by atoms with van der Waals surface area (Å²) in [7, 11) is 0. The molecule has 0 heterocycles. The standard InChI is InChI=1S/C11H12BrFN2/c1-2-5-15-11(7-14)8-3-4-9(12)10(13)6-8/h1,3-4,6,11,15H,5,7,14H2. The Kier molecular flexibility index (Phi) is 4.76. The Morgan fingerprint density at radius 3 is 2.87 bits per heavy atom. The Balaban J connectivity index is 2.83. The smallest absolute Gasteiger partial charge is 0.137 e. The van der Waals surface area contributed by atoms with Crippen LogP contribution in [0.5, 0.6) is 0 Å². The van der Waals surface area contributed by atoms with Crippen molar-refractivity contribution in [2.24, 2.45) is 5.73 Å². The van der Waals surface area contributed by atoms with E-state index in [-0.39, 0.29) is 11.9 Å². The third-order valence-electron chi connectivity index (χ3n) is 2.03. The minimum Gasteiger partial charge on any atom is -0.329 e. The highest BCUT2D eigenvalue weighted by molar-refractivity contribution is 9.10. The van der Waals surface area contributed by atoms with Gasteiger partial charge in [-0.15, -0.1) is 6.42 Å². The van der Waals surface area contributed by atoms with E-state index >= 15 is 0 Å². The van der Waals surface area contributed by atoms with Gasteiger partial charge in [0.15, 0.2) is 0 Å². The van der Waals surface area contributed by atoms with E-state index in [4.69, 9.17) is 12.2 Å². The van der Waals surface area contributed by atoms with Crippen LogP contribution >= 0.6 is 15.9 Å². The van der Waals surface area contributed by atoms with Gasteiger partial charge in [-0.3, -0.25) is 5.32 Å². The van der Waals surface area contributed by atoms with Crippen LogP contribution in [0.4, 0.5) is 4.39 Å². The van der Waals surface area contributed by atoms with Crippen molar-refractivity contribution in [2.45, 2.75) is 6.04 Å². The highest BCUT2D eigenvalue weighted by Gasteiger charge is 2.10. The highest BCUT2D eigenvalue weighted by Crippen LogP contribution is 2.20. The first kappa shape index (κ1) is 12.2. The average Bonchev–Trinajstić information content (AvgIpc) is 2.24. The van der Waals surface area contributed by atoms with Gasteiger partial charge in [0.1, 0.15) is 5.82 Å². The van der Waals surface area contributed by atoms with Gasteiger partial charge in [0.25, 0.3) is 0 Å². The summed E-state index contributed by atoms with van der Waals surface area (Å²) in [5.41, 5.74) is 6.37. The summed E-state index contributed by atoms with van der Waals surface area (Å²) >= 11 is 3.09. The van der Waals surface area contributed by atoms with E-state index in [1.807, 2.05) is 6.07 Å². The molecular formula is C11H12BrFN2. The number of nitrogens with one attached hydrogen (secondary N) is 1. The maximum absolute atomic E-state index is 13.2. The maximum atomic E-state index is 13.2. The minimum absolute atomic E-state index is 0.108. The fraction of sp³-hybridized carbons (Fsp3) is 0.273. The maximum Gasteiger partial charge on any atom is 0.137 e. The molecule has 0 aliphatic heterocycles. The molecule has 80 valence electrons. The third kappa shape index (κ3) is 3.31. The molecule has 1 unspecified atom stereocenters. The van der Waals surface area contributed by atoms with Crippen LogP contribution in [0.1, 0.15) is 11.6 Å². The Hall–Kier alpha value is -0.890. The van der Waals surface area contributed by atoms with Crippen LogP contribution in [-0.4, -0.2) is 13.1 Å². The molecule has 0 aliphatic rings. The van der Waals surface area contributed by atoms with Gasteiger partial charge in [-0.2, -0.15) is 0 Å². The summed E-state index contributed by atoms with van der Waals surface area (Å²) in [5, 5.41) is 3.04. The van der Waals surface area contributed by atoms with Crippen molar-refractivity contribution in [3.8, 4) is 12.3 Å². The predicted molar refractivity (Wildman–Crippen MR) is 62.7 cm³/mol. The zero-order valence-electron chi connectivity index (χ0n) is 8.13. The van der Waals surface area contributed by atoms with Crippen molar-refractivity contribution >= 4 is 15.9 Å². The molecule has 1 rings (SSSR count). The molecule has 3 N–H and O–H groups in total. The molecule has 0 aromatic heterocycles. The molecule has 0 fully saturated rings. The molecule has 0 saturated heterocycles. The molecule has 0 bridgehead atoms. The highest BCUT2D eigenvalue weighted by atomic mass is 79.9. The van der Waals surface area contributed by atoms with E-state index in [9.17, 15) is 4.39 Å². The molecule has 0 spiro atoms. The zero-order valence-corrected chi connectivity index (χ0v) is 9.72. The zero-order chi connectivity index (χ0) is 11.3. The number of hydrogen-bond donors (Lipinski definition) is 2. The second kappa shape index (κ2) is 5.86. The molecule has 1 atom stereocenters. The van der Waals surface area contributed by atoms with Crippen molar-refractivity contribution in [2.75, 3.05) is 13.1 Å². The average molecular weight is 271 g/mol. The summed E-state index contributed by atoms with van der Waals surface area (Å²) in [6, 6.07) is 4.81. The summed E-state index contributed by atoms with van der Waals surface area (Å²) in [6.07, 6.45) is 5.13. The number of rotatable bonds is 4. The second-order valence-electron chi connectivity index (χ2n) is 3.05. The van der Waals surface area contributed by atoms with Crippen molar-refractivity contribution in [3.63, 3.8) is 0 Å². The third-order valence-corrected chi connectivity index (χ3v) is 2.68. The van der Waals surface area contributed by atoms with Gasteiger partial charge in [0.05, 0.1) is 11.0 Å². The normalized spacial score (nSPS) is 12.1. The molecule has 0 amide bonds. The second-order valence-corrected chi connectivity index (χ2v) is 3.90. The molecule has 0 saturated carbocycles. The number of nitrogens with two attached hydrogens (primary N) is 1. The van der Waals surface area contributed by atoms with Crippen LogP contribution < -0.4 is 11.1 Å². The molecular weight excluding hydrogens is 259 g/mol. The minimum atomic E-state index is -0.298. The van der Waals surface area contributed by atoms with Crippen molar-refractivity contribution in [1.29, 1.82) is 0 Å². The first-order chi connectivity index (χ1) is 7.19. The predicted octanol–water partition coefficient (Wildman–Crippen LogP) is 1.81. The van der Waals surface area contributed by atoms with E-state index in [1.165, 1.54) is 6.07 Å². The van der Waals surface area contributed by atoms with Crippen LogP contribution in [0, 0.1) is 18.2 Å². The van der Waals surface area contributed by atoms with Crippen LogP contribution in [-0.2, 0) is 0 Å². The van der Waals surface area contributed by atoms with E-state index in [2.05, 4.69) is 27.2 Å². The van der Waals surface area contributed by atoms with Gasteiger partial charge in [-0.1, -0.05) is 12.0 Å². The monoisotopic (exact) mass is 270 g/mol. The summed E-state index contributed by atoms with van der Waals surface area (Å²) in [6.45, 7) is 0.794. The number of terminal acetylenes is 1. The lowest BCUT2D eigenvalue weighted by molar-refractivity contribution is 0.568. The van der Waals surface area contributed by atoms with E-state index in [1.54, 1.807) is 6.07 Å². The Bertz CT molecular complexity index is 373. The largest absolute Gasteiger partial charge is 0.329 e. The number of benzene rings is 1. The van der Waals surface area contributed by atoms with E-state index < -0.39 is 0 Å². The number of halogens is 2. The van der Waals surface area contributed by atoms with Gasteiger partial charge in [-0.25, -0.2) is 4.39 Å². The summed E-state index contributed by atoms with van der Waals surface area (Å²) in [4.78, 5) is 0. The van der Waals surface area contributed by atoms with Gasteiger partial charge < -0.3 is 5.73 Å². The Labute approximate surface area is 97.2 Å². The topological polar surface area (TPSA) is 38.0 Å². The van der Waals surface area contributed by atoms with Crippen molar-refractivity contribution in [1.82, 2.24) is 5.32 Å². The lowest BCUT2D eigenvalue weighted by atomic mass is 10.1. The van der Waals surface area contributed by atoms with Crippen LogP contribution in [0.15, 0.2) is 22.7 Å². The first-order valence-electron chi connectivity index (χ1n) is 4.51. The van der Waals surface area contributed by atoms with Gasteiger partial charge in [0, 0.05) is 12.6 Å². The van der Waals surface area contributed by atoms with E-state index in [0.29, 0.717) is 17.6 Å². The SMILES string of the molecule is C#CCNC(CN)c1ccc(Br)c(F)c1. The molecule has 0 radical (unpaired) electrons. The molecule has 4 heteroatoms. The Morgan fingerprint density at radius 2 is 2.33 bits per heavy atom. The molecule has 1 aromatic rings. The lowest BCUT2D eigenvalue weighted by Crippen LogP contribution is -2.28. The van der Waals surface area contributed by atoms with Crippen LogP contribution in [0.3, 0.4) is 0 Å². The van der Waals surface area contributed by atoms with E-state index in [0.717, 1.165) is 5.56 Å². The lowest BCUT2D eigenvalue weighted by Gasteiger charge is -2.15. The molecule has 0 aliphatic carbocycles. The summed E-state index contributed by atoms with van der Waals surface area (Å²) < 4.78 is 13.7. The van der Waals surface area contributed by atoms with Crippen LogP contribution in [0.25, 0.3) is 0 Å². The quantitative estimate of drug-likeness (QED) is 0.820. The van der Waals surface area contributed by atoms with Crippen molar-refractivity contribution in [3.05, 3.63) is 34.1 Å². The van der Waals surface area contributed by atoms with Crippen molar-refractivity contribution < 1.29 is 4.39 Å². The fourth-order valence-electron chi connectivity index (χ4n) is 1.25. The molecule has 2 nitrogen and oxygen atoms in total.